The van der Waals surface area contributed by atoms with Gasteiger partial charge in [-0.1, -0.05) is 20.8 Å². The van der Waals surface area contributed by atoms with Crippen molar-refractivity contribution in [1.82, 2.24) is 0 Å². The van der Waals surface area contributed by atoms with Gasteiger partial charge in [-0.25, -0.2) is 0 Å². The molecule has 0 unspecified atom stereocenters. The molecular weight excluding hydrogens is 168 g/mol. The molecule has 0 N–H and O–H groups in total. The zero-order valence-electron chi connectivity index (χ0n) is 8.36. The van der Waals surface area contributed by atoms with Crippen LogP contribution in [0.15, 0.2) is 9.31 Å². The molecule has 68 valence electrons. The molecule has 0 fully saturated rings. The van der Waals surface area contributed by atoms with E-state index in [9.17, 15) is 0 Å². The predicted octanol–water partition coefficient (Wildman–Crippen LogP) is 3.48. The molecular formula is C10H16OS. The lowest BCUT2D eigenvalue weighted by Gasteiger charge is -2.18. The van der Waals surface area contributed by atoms with Gasteiger partial charge in [-0.05, 0) is 19.3 Å². The van der Waals surface area contributed by atoms with Gasteiger partial charge < -0.3 is 4.42 Å². The van der Waals surface area contributed by atoms with E-state index < -0.39 is 0 Å². The summed E-state index contributed by atoms with van der Waals surface area (Å²) in [6, 6.07) is 0. The van der Waals surface area contributed by atoms with Crippen LogP contribution in [-0.4, -0.2) is 0 Å². The smallest absolute Gasteiger partial charge is 0.114 e. The van der Waals surface area contributed by atoms with Crippen LogP contribution in [0.1, 0.15) is 37.9 Å². The van der Waals surface area contributed by atoms with E-state index in [-0.39, 0.29) is 5.41 Å². The molecule has 1 heterocycles. The highest BCUT2D eigenvalue weighted by atomic mass is 32.1. The fourth-order valence-electron chi connectivity index (χ4n) is 1.56. The van der Waals surface area contributed by atoms with E-state index in [4.69, 9.17) is 4.42 Å². The molecule has 0 atom stereocenters. The Kier molecular flexibility index (Phi) is 2.30. The van der Waals surface area contributed by atoms with Gasteiger partial charge in [0.25, 0.3) is 0 Å². The summed E-state index contributed by atoms with van der Waals surface area (Å²) < 4.78 is 5.50. The Hall–Kier alpha value is -0.370. The van der Waals surface area contributed by atoms with Gasteiger partial charge in [0.1, 0.15) is 11.5 Å². The quantitative estimate of drug-likeness (QED) is 0.609. The third-order valence-electron chi connectivity index (χ3n) is 1.98. The number of thiol groups is 1. The van der Waals surface area contributed by atoms with Crippen LogP contribution < -0.4 is 0 Å². The average Bonchev–Trinajstić information content (AvgIpc) is 2.05. The molecule has 0 spiro atoms. The largest absolute Gasteiger partial charge is 0.465 e. The Labute approximate surface area is 79.6 Å². The minimum atomic E-state index is 0.124. The zero-order valence-corrected chi connectivity index (χ0v) is 9.25. The summed E-state index contributed by atoms with van der Waals surface area (Å²) in [5.41, 5.74) is 1.35. The van der Waals surface area contributed by atoms with Crippen molar-refractivity contribution in [2.75, 3.05) is 0 Å². The van der Waals surface area contributed by atoms with Gasteiger partial charge in [-0.2, -0.15) is 0 Å². The third-order valence-corrected chi connectivity index (χ3v) is 2.52. The number of aryl methyl sites for hydroxylation is 2. The van der Waals surface area contributed by atoms with Gasteiger partial charge in [0, 0.05) is 10.5 Å². The van der Waals surface area contributed by atoms with Crippen LogP contribution in [0.25, 0.3) is 0 Å². The standard InChI is InChI=1S/C10H16OS/c1-6-8(10(3,4)5)9(12)7(2)11-6/h12H,1-5H3. The summed E-state index contributed by atoms with van der Waals surface area (Å²) in [7, 11) is 0. The molecule has 0 aliphatic rings. The summed E-state index contributed by atoms with van der Waals surface area (Å²) in [6.07, 6.45) is 0. The lowest BCUT2D eigenvalue weighted by molar-refractivity contribution is 0.485. The minimum absolute atomic E-state index is 0.124. The second-order valence-electron chi connectivity index (χ2n) is 4.19. The Bertz CT molecular complexity index is 292. The van der Waals surface area contributed by atoms with Crippen molar-refractivity contribution in [3.8, 4) is 0 Å². The molecule has 0 saturated heterocycles. The highest BCUT2D eigenvalue weighted by Crippen LogP contribution is 2.34. The maximum atomic E-state index is 5.50. The Morgan fingerprint density at radius 2 is 1.58 bits per heavy atom. The molecule has 0 aliphatic carbocycles. The molecule has 1 aromatic rings. The van der Waals surface area contributed by atoms with E-state index in [0.717, 1.165) is 16.4 Å². The first-order valence-corrected chi connectivity index (χ1v) is 4.58. The number of furan rings is 1. The number of hydrogen-bond acceptors (Lipinski definition) is 2. The predicted molar refractivity (Wildman–Crippen MR) is 54.1 cm³/mol. The molecule has 12 heavy (non-hydrogen) atoms. The monoisotopic (exact) mass is 184 g/mol. The Balaban J connectivity index is 3.32. The van der Waals surface area contributed by atoms with E-state index in [0.29, 0.717) is 0 Å². The summed E-state index contributed by atoms with van der Waals surface area (Å²) in [4.78, 5) is 1.00. The first-order chi connectivity index (χ1) is 5.34. The third kappa shape index (κ3) is 1.53. The van der Waals surface area contributed by atoms with Crippen molar-refractivity contribution in [2.45, 2.75) is 44.9 Å². The lowest BCUT2D eigenvalue weighted by Crippen LogP contribution is -2.12. The van der Waals surface area contributed by atoms with Gasteiger partial charge in [-0.15, -0.1) is 12.6 Å². The van der Waals surface area contributed by atoms with E-state index in [1.807, 2.05) is 13.8 Å². The van der Waals surface area contributed by atoms with Crippen LogP contribution in [0.3, 0.4) is 0 Å². The van der Waals surface area contributed by atoms with E-state index in [1.54, 1.807) is 0 Å². The van der Waals surface area contributed by atoms with Crippen LogP contribution in [0.4, 0.5) is 0 Å². The summed E-state index contributed by atoms with van der Waals surface area (Å²) in [5.74, 6) is 1.91. The van der Waals surface area contributed by atoms with E-state index in [1.165, 1.54) is 5.56 Å². The van der Waals surface area contributed by atoms with Crippen molar-refractivity contribution in [3.63, 3.8) is 0 Å². The number of hydrogen-bond donors (Lipinski definition) is 1. The lowest BCUT2D eigenvalue weighted by atomic mass is 9.87. The molecule has 1 aromatic heterocycles. The van der Waals surface area contributed by atoms with Crippen LogP contribution in [0, 0.1) is 13.8 Å². The van der Waals surface area contributed by atoms with Crippen LogP contribution >= 0.6 is 12.6 Å². The minimum Gasteiger partial charge on any atom is -0.465 e. The normalized spacial score (nSPS) is 12.2. The Morgan fingerprint density at radius 3 is 1.75 bits per heavy atom. The van der Waals surface area contributed by atoms with Gasteiger partial charge in [-0.3, -0.25) is 0 Å². The molecule has 1 nitrogen and oxygen atoms in total. The zero-order chi connectivity index (χ0) is 9.52. The highest BCUT2D eigenvalue weighted by molar-refractivity contribution is 7.80. The fourth-order valence-corrected chi connectivity index (χ4v) is 2.09. The topological polar surface area (TPSA) is 13.1 Å². The van der Waals surface area contributed by atoms with Gasteiger partial charge in [0.2, 0.25) is 0 Å². The van der Waals surface area contributed by atoms with Crippen molar-refractivity contribution >= 4 is 12.6 Å². The Morgan fingerprint density at radius 1 is 1.08 bits per heavy atom. The van der Waals surface area contributed by atoms with Gasteiger partial charge in [0.15, 0.2) is 0 Å². The van der Waals surface area contributed by atoms with Crippen molar-refractivity contribution < 1.29 is 4.42 Å². The van der Waals surface area contributed by atoms with Gasteiger partial charge in [0.05, 0.1) is 0 Å². The summed E-state index contributed by atoms with van der Waals surface area (Å²) >= 11 is 4.43. The summed E-state index contributed by atoms with van der Waals surface area (Å²) in [5, 5.41) is 0. The molecule has 0 amide bonds. The van der Waals surface area contributed by atoms with Gasteiger partial charge >= 0.3 is 0 Å². The van der Waals surface area contributed by atoms with Crippen molar-refractivity contribution in [1.29, 1.82) is 0 Å². The molecule has 0 aromatic carbocycles. The molecule has 2 heteroatoms. The summed E-state index contributed by atoms with van der Waals surface area (Å²) in [6.45, 7) is 10.5. The molecule has 0 saturated carbocycles. The first kappa shape index (κ1) is 9.72. The van der Waals surface area contributed by atoms with E-state index in [2.05, 4.69) is 33.4 Å². The second-order valence-corrected chi connectivity index (χ2v) is 4.64. The second kappa shape index (κ2) is 2.84. The SMILES string of the molecule is Cc1oc(C)c(C(C)(C)C)c1S. The van der Waals surface area contributed by atoms with Crippen LogP contribution in [0.5, 0.6) is 0 Å². The van der Waals surface area contributed by atoms with Crippen LogP contribution in [-0.2, 0) is 5.41 Å². The molecule has 0 radical (unpaired) electrons. The molecule has 0 aliphatic heterocycles. The highest BCUT2D eigenvalue weighted by Gasteiger charge is 2.23. The maximum Gasteiger partial charge on any atom is 0.114 e. The van der Waals surface area contributed by atoms with Crippen molar-refractivity contribution in [2.24, 2.45) is 0 Å². The average molecular weight is 184 g/mol. The number of rotatable bonds is 0. The molecule has 0 bridgehead atoms. The first-order valence-electron chi connectivity index (χ1n) is 4.13. The molecule has 1 rings (SSSR count). The maximum absolute atomic E-state index is 5.50. The van der Waals surface area contributed by atoms with Crippen molar-refractivity contribution in [3.05, 3.63) is 17.1 Å². The van der Waals surface area contributed by atoms with E-state index >= 15 is 0 Å². The fraction of sp³-hybridized carbons (Fsp3) is 0.600. The van der Waals surface area contributed by atoms with Crippen LogP contribution in [0.2, 0.25) is 0 Å².